The molecule has 1 unspecified atom stereocenters. The summed E-state index contributed by atoms with van der Waals surface area (Å²) in [6, 6.07) is 8.15. The van der Waals surface area contributed by atoms with Crippen LogP contribution in [0.5, 0.6) is 0 Å². The Morgan fingerprint density at radius 3 is 2.88 bits per heavy atom. The molecule has 3 nitrogen and oxygen atoms in total. The molecule has 1 fully saturated rings. The smallest absolute Gasteiger partial charge is 0.227 e. The molecule has 1 aromatic carbocycles. The minimum absolute atomic E-state index is 0.158. The summed E-state index contributed by atoms with van der Waals surface area (Å²) in [5, 5.41) is 6.29. The van der Waals surface area contributed by atoms with Crippen LogP contribution >= 0.6 is 0 Å². The normalized spacial score (nSPS) is 23.6. The Bertz CT molecular complexity index is 408. The van der Waals surface area contributed by atoms with Gasteiger partial charge in [0.05, 0.1) is 5.41 Å². The van der Waals surface area contributed by atoms with E-state index in [-0.39, 0.29) is 11.3 Å². The summed E-state index contributed by atoms with van der Waals surface area (Å²) in [7, 11) is 0. The Morgan fingerprint density at radius 1 is 1.47 bits per heavy atom. The zero-order chi connectivity index (χ0) is 12.3. The molecule has 1 aromatic rings. The molecule has 1 heterocycles. The quantitative estimate of drug-likeness (QED) is 0.831. The number of aryl methyl sites for hydroxylation is 1. The van der Waals surface area contributed by atoms with Gasteiger partial charge < -0.3 is 10.6 Å². The van der Waals surface area contributed by atoms with Gasteiger partial charge in [-0.15, -0.1) is 0 Å². The Labute approximate surface area is 103 Å². The van der Waals surface area contributed by atoms with E-state index in [1.807, 2.05) is 19.1 Å². The first kappa shape index (κ1) is 12.1. The molecule has 17 heavy (non-hydrogen) atoms. The van der Waals surface area contributed by atoms with Gasteiger partial charge in [-0.05, 0) is 37.9 Å². The molecule has 2 rings (SSSR count). The van der Waals surface area contributed by atoms with E-state index in [1.54, 1.807) is 0 Å². The minimum atomic E-state index is -0.233. The van der Waals surface area contributed by atoms with Crippen molar-refractivity contribution in [3.63, 3.8) is 0 Å². The van der Waals surface area contributed by atoms with Crippen LogP contribution in [0.2, 0.25) is 0 Å². The zero-order valence-corrected chi connectivity index (χ0v) is 10.5. The number of carbonyl (C=O) groups excluding carboxylic acids is 1. The van der Waals surface area contributed by atoms with Crippen molar-refractivity contribution in [1.82, 2.24) is 10.6 Å². The molecule has 1 amide bonds. The fraction of sp³-hybridized carbons (Fsp3) is 0.500. The lowest BCUT2D eigenvalue weighted by molar-refractivity contribution is -0.129. The summed E-state index contributed by atoms with van der Waals surface area (Å²) in [6.45, 7) is 6.45. The second-order valence-corrected chi connectivity index (χ2v) is 5.10. The molecule has 0 radical (unpaired) electrons. The molecule has 2 N–H and O–H groups in total. The molecular formula is C14H20N2O. The van der Waals surface area contributed by atoms with Crippen molar-refractivity contribution in [3.8, 4) is 0 Å². The van der Waals surface area contributed by atoms with Gasteiger partial charge in [-0.1, -0.05) is 24.3 Å². The van der Waals surface area contributed by atoms with Gasteiger partial charge in [-0.3, -0.25) is 4.79 Å². The summed E-state index contributed by atoms with van der Waals surface area (Å²) in [6.07, 6.45) is 0.923. The highest BCUT2D eigenvalue weighted by Gasteiger charge is 2.35. The van der Waals surface area contributed by atoms with E-state index < -0.39 is 0 Å². The van der Waals surface area contributed by atoms with Crippen LogP contribution in [0.15, 0.2) is 24.3 Å². The predicted molar refractivity (Wildman–Crippen MR) is 68.6 cm³/mol. The number of hydrogen-bond acceptors (Lipinski definition) is 2. The van der Waals surface area contributed by atoms with Gasteiger partial charge in [-0.2, -0.15) is 0 Å². The summed E-state index contributed by atoms with van der Waals surface area (Å²) in [5.41, 5.74) is 2.18. The van der Waals surface area contributed by atoms with Crippen LogP contribution in [0.1, 0.15) is 24.5 Å². The third-order valence-corrected chi connectivity index (χ3v) is 3.62. The Balaban J connectivity index is 1.94. The van der Waals surface area contributed by atoms with E-state index in [4.69, 9.17) is 0 Å². The lowest BCUT2D eigenvalue weighted by atomic mass is 9.88. The van der Waals surface area contributed by atoms with Crippen molar-refractivity contribution < 1.29 is 4.79 Å². The molecule has 3 heteroatoms. The lowest BCUT2D eigenvalue weighted by Crippen LogP contribution is -2.40. The van der Waals surface area contributed by atoms with E-state index >= 15 is 0 Å². The molecule has 1 aliphatic rings. The highest BCUT2D eigenvalue weighted by atomic mass is 16.2. The highest BCUT2D eigenvalue weighted by Crippen LogP contribution is 2.24. The van der Waals surface area contributed by atoms with Crippen LogP contribution in [0.3, 0.4) is 0 Å². The van der Waals surface area contributed by atoms with Crippen LogP contribution in [-0.4, -0.2) is 19.0 Å². The number of rotatable bonds is 3. The van der Waals surface area contributed by atoms with Crippen molar-refractivity contribution in [1.29, 1.82) is 0 Å². The monoisotopic (exact) mass is 232 g/mol. The second-order valence-electron chi connectivity index (χ2n) is 5.10. The predicted octanol–water partition coefficient (Wildman–Crippen LogP) is 1.61. The van der Waals surface area contributed by atoms with Crippen molar-refractivity contribution in [2.24, 2.45) is 5.41 Å². The van der Waals surface area contributed by atoms with Crippen LogP contribution in [-0.2, 0) is 11.3 Å². The van der Waals surface area contributed by atoms with Crippen molar-refractivity contribution in [2.45, 2.75) is 26.8 Å². The summed E-state index contributed by atoms with van der Waals surface area (Å²) in [4.78, 5) is 12.1. The lowest BCUT2D eigenvalue weighted by Gasteiger charge is -2.21. The van der Waals surface area contributed by atoms with Crippen molar-refractivity contribution in [3.05, 3.63) is 35.4 Å². The first-order chi connectivity index (χ1) is 8.12. The second kappa shape index (κ2) is 4.88. The van der Waals surface area contributed by atoms with Gasteiger partial charge in [0.25, 0.3) is 0 Å². The fourth-order valence-electron chi connectivity index (χ4n) is 2.21. The molecule has 0 aliphatic carbocycles. The molecule has 1 saturated heterocycles. The van der Waals surface area contributed by atoms with E-state index in [1.165, 1.54) is 11.1 Å². The van der Waals surface area contributed by atoms with Crippen LogP contribution in [0.4, 0.5) is 0 Å². The van der Waals surface area contributed by atoms with Crippen LogP contribution in [0, 0.1) is 12.3 Å². The Hall–Kier alpha value is -1.35. The maximum Gasteiger partial charge on any atom is 0.227 e. The number of carbonyl (C=O) groups is 1. The van der Waals surface area contributed by atoms with Crippen molar-refractivity contribution in [2.75, 3.05) is 13.1 Å². The zero-order valence-electron chi connectivity index (χ0n) is 10.5. The third kappa shape index (κ3) is 2.67. The van der Waals surface area contributed by atoms with E-state index in [9.17, 15) is 4.79 Å². The number of amides is 1. The third-order valence-electron chi connectivity index (χ3n) is 3.62. The molecular weight excluding hydrogens is 212 g/mol. The van der Waals surface area contributed by atoms with Gasteiger partial charge in [0.15, 0.2) is 0 Å². The number of hydrogen-bond donors (Lipinski definition) is 2. The number of nitrogens with one attached hydrogen (secondary N) is 2. The van der Waals surface area contributed by atoms with E-state index in [0.29, 0.717) is 6.54 Å². The SMILES string of the molecule is Cc1ccccc1CNC(=O)C1(C)CCNC1. The summed E-state index contributed by atoms with van der Waals surface area (Å²) < 4.78 is 0. The molecule has 1 atom stereocenters. The van der Waals surface area contributed by atoms with E-state index in [0.717, 1.165) is 19.5 Å². The van der Waals surface area contributed by atoms with Gasteiger partial charge in [0.1, 0.15) is 0 Å². The molecule has 0 aromatic heterocycles. The van der Waals surface area contributed by atoms with Gasteiger partial charge in [0.2, 0.25) is 5.91 Å². The molecule has 1 aliphatic heterocycles. The van der Waals surface area contributed by atoms with E-state index in [2.05, 4.69) is 29.7 Å². The summed E-state index contributed by atoms with van der Waals surface area (Å²) >= 11 is 0. The Kier molecular flexibility index (Phi) is 3.48. The van der Waals surface area contributed by atoms with Gasteiger partial charge >= 0.3 is 0 Å². The van der Waals surface area contributed by atoms with Gasteiger partial charge in [0, 0.05) is 13.1 Å². The molecule has 92 valence electrons. The first-order valence-corrected chi connectivity index (χ1v) is 6.15. The largest absolute Gasteiger partial charge is 0.352 e. The molecule has 0 bridgehead atoms. The van der Waals surface area contributed by atoms with Gasteiger partial charge in [-0.25, -0.2) is 0 Å². The van der Waals surface area contributed by atoms with Crippen molar-refractivity contribution >= 4 is 5.91 Å². The first-order valence-electron chi connectivity index (χ1n) is 6.15. The van der Waals surface area contributed by atoms with Crippen LogP contribution < -0.4 is 10.6 Å². The maximum atomic E-state index is 12.1. The van der Waals surface area contributed by atoms with Crippen LogP contribution in [0.25, 0.3) is 0 Å². The molecule has 0 spiro atoms. The number of benzene rings is 1. The highest BCUT2D eigenvalue weighted by molar-refractivity contribution is 5.82. The minimum Gasteiger partial charge on any atom is -0.352 e. The Morgan fingerprint density at radius 2 is 2.24 bits per heavy atom. The maximum absolute atomic E-state index is 12.1. The fourth-order valence-corrected chi connectivity index (χ4v) is 2.21. The molecule has 0 saturated carbocycles. The average molecular weight is 232 g/mol. The topological polar surface area (TPSA) is 41.1 Å². The average Bonchev–Trinajstić information content (AvgIpc) is 2.76. The standard InChI is InChI=1S/C14H20N2O/c1-11-5-3-4-6-12(11)9-16-13(17)14(2)7-8-15-10-14/h3-6,15H,7-10H2,1-2H3,(H,16,17). The summed E-state index contributed by atoms with van der Waals surface area (Å²) in [5.74, 6) is 0.158.